The first kappa shape index (κ1) is 21.2. The first-order chi connectivity index (χ1) is 12.3. The van der Waals surface area contributed by atoms with Crippen LogP contribution >= 0.6 is 0 Å². The van der Waals surface area contributed by atoms with Gasteiger partial charge in [0.05, 0.1) is 12.2 Å². The summed E-state index contributed by atoms with van der Waals surface area (Å²) in [7, 11) is 0. The van der Waals surface area contributed by atoms with Crippen LogP contribution in [0.5, 0.6) is 0 Å². The van der Waals surface area contributed by atoms with Gasteiger partial charge in [-0.3, -0.25) is 0 Å². The average Bonchev–Trinajstić information content (AvgIpc) is 2.86. The topological polar surface area (TPSA) is 53.4 Å². The molecule has 2 aromatic rings. The molecule has 0 aliphatic heterocycles. The molecule has 1 aromatic heterocycles. The van der Waals surface area contributed by atoms with Crippen LogP contribution in [0.1, 0.15) is 44.9 Å². The molecule has 0 spiro atoms. The van der Waals surface area contributed by atoms with Crippen LogP contribution in [0.4, 0.5) is 0 Å². The van der Waals surface area contributed by atoms with Gasteiger partial charge in [0.25, 0.3) is 0 Å². The number of benzene rings is 1. The molecule has 1 heterocycles. The summed E-state index contributed by atoms with van der Waals surface area (Å²) < 4.78 is 0. The number of pyridine rings is 1. The molecule has 2 saturated carbocycles. The number of rotatable bonds is 1. The van der Waals surface area contributed by atoms with E-state index in [2.05, 4.69) is 11.1 Å². The maximum Gasteiger partial charge on any atom is 0.0595 e. The summed E-state index contributed by atoms with van der Waals surface area (Å²) in [6, 6.07) is 16.8. The van der Waals surface area contributed by atoms with Crippen LogP contribution in [0.2, 0.25) is 0 Å². The van der Waals surface area contributed by atoms with E-state index in [0.717, 1.165) is 36.9 Å². The second-order valence-corrected chi connectivity index (χ2v) is 7.18. The van der Waals surface area contributed by atoms with Gasteiger partial charge in [-0.15, -0.1) is 35.9 Å². The van der Waals surface area contributed by atoms with Gasteiger partial charge < -0.3 is 15.2 Å². The van der Waals surface area contributed by atoms with Crippen molar-refractivity contribution in [3.63, 3.8) is 0 Å². The Bertz CT molecular complexity index is 585. The third-order valence-electron chi connectivity index (χ3n) is 5.48. The molecule has 4 heteroatoms. The van der Waals surface area contributed by atoms with Crippen molar-refractivity contribution < 1.29 is 30.3 Å². The van der Waals surface area contributed by atoms with E-state index in [1.807, 2.05) is 42.5 Å². The smallest absolute Gasteiger partial charge is 0.0595 e. The minimum atomic E-state index is -0.234. The molecule has 0 amide bonds. The minimum absolute atomic E-state index is 0. The Labute approximate surface area is 170 Å². The number of fused-ring (bicyclic) bond motifs is 1. The van der Waals surface area contributed by atoms with Crippen molar-refractivity contribution in [3.05, 3.63) is 54.7 Å². The molecule has 2 fully saturated rings. The first-order valence-corrected chi connectivity index (χ1v) is 9.50. The van der Waals surface area contributed by atoms with Crippen molar-refractivity contribution in [2.75, 3.05) is 0 Å². The molecule has 4 atom stereocenters. The summed E-state index contributed by atoms with van der Waals surface area (Å²) in [4.78, 5) is 4.22. The van der Waals surface area contributed by atoms with Gasteiger partial charge in [0.2, 0.25) is 0 Å². The minimum Gasteiger partial charge on any atom is -0.393 e. The molecule has 4 unspecified atom stereocenters. The molecule has 2 aliphatic carbocycles. The van der Waals surface area contributed by atoms with Crippen molar-refractivity contribution >= 4 is 0 Å². The first-order valence-electron chi connectivity index (χ1n) is 9.50. The number of aliphatic hydroxyl groups excluding tert-OH is 2. The molecule has 0 saturated heterocycles. The summed E-state index contributed by atoms with van der Waals surface area (Å²) in [5.41, 5.74) is 2.01. The standard InChI is InChI=1S/C11H8N.C11H20O2.Ir/c1-2-6-10(7-3-1)11-8-4-5-9-12-11;12-9-6-2-1-4-8-5-3-7-10(13)11(8)9;/h1-6,8-9H;8-13H,1-7H2;/q-1;;. The fourth-order valence-electron chi connectivity index (χ4n) is 4.22. The van der Waals surface area contributed by atoms with Crippen LogP contribution < -0.4 is 0 Å². The molecule has 0 bridgehead atoms. The van der Waals surface area contributed by atoms with Gasteiger partial charge in [-0.05, 0) is 43.4 Å². The van der Waals surface area contributed by atoms with Crippen LogP contribution in [0, 0.1) is 17.9 Å². The number of aromatic nitrogens is 1. The Hall–Kier alpha value is -1.06. The second-order valence-electron chi connectivity index (χ2n) is 7.18. The Morgan fingerprint density at radius 1 is 0.846 bits per heavy atom. The number of hydrogen-bond donors (Lipinski definition) is 2. The Kier molecular flexibility index (Phi) is 8.93. The molecule has 2 N–H and O–H groups in total. The molecular weight excluding hydrogens is 502 g/mol. The van der Waals surface area contributed by atoms with Crippen molar-refractivity contribution in [1.82, 2.24) is 4.98 Å². The summed E-state index contributed by atoms with van der Waals surface area (Å²) in [6.45, 7) is 0. The SMILES string of the molecule is OC1CCCCC2CCCC(O)C12.[Ir].[c-]1ccccc1-c1ccccn1. The molecule has 1 aromatic carbocycles. The normalized spacial score (nSPS) is 27.8. The van der Waals surface area contributed by atoms with Crippen molar-refractivity contribution in [1.29, 1.82) is 0 Å². The predicted octanol–water partition coefficient (Wildman–Crippen LogP) is 4.24. The van der Waals surface area contributed by atoms with Crippen LogP contribution in [0.3, 0.4) is 0 Å². The van der Waals surface area contributed by atoms with Crippen molar-refractivity contribution in [2.24, 2.45) is 11.8 Å². The van der Waals surface area contributed by atoms with E-state index < -0.39 is 0 Å². The third-order valence-corrected chi connectivity index (χ3v) is 5.48. The predicted molar refractivity (Wildman–Crippen MR) is 99.8 cm³/mol. The maximum atomic E-state index is 9.89. The zero-order valence-electron chi connectivity index (χ0n) is 15.1. The molecule has 1 radical (unpaired) electrons. The fraction of sp³-hybridized carbons (Fsp3) is 0.500. The summed E-state index contributed by atoms with van der Waals surface area (Å²) in [5, 5.41) is 19.7. The van der Waals surface area contributed by atoms with Crippen LogP contribution in [0.25, 0.3) is 11.3 Å². The van der Waals surface area contributed by atoms with Gasteiger partial charge >= 0.3 is 0 Å². The van der Waals surface area contributed by atoms with E-state index in [0.29, 0.717) is 5.92 Å². The van der Waals surface area contributed by atoms with E-state index in [1.54, 1.807) is 6.20 Å². The van der Waals surface area contributed by atoms with E-state index in [9.17, 15) is 10.2 Å². The van der Waals surface area contributed by atoms with Crippen molar-refractivity contribution in [2.45, 2.75) is 57.2 Å². The molecule has 143 valence electrons. The molecule has 3 nitrogen and oxygen atoms in total. The van der Waals surface area contributed by atoms with Crippen LogP contribution in [-0.4, -0.2) is 27.4 Å². The average molecular weight is 531 g/mol. The van der Waals surface area contributed by atoms with Gasteiger partial charge in [-0.25, -0.2) is 0 Å². The van der Waals surface area contributed by atoms with Gasteiger partial charge in [0.15, 0.2) is 0 Å². The summed E-state index contributed by atoms with van der Waals surface area (Å²) in [5.74, 6) is 0.789. The number of aliphatic hydroxyl groups is 2. The maximum absolute atomic E-state index is 9.89. The van der Waals surface area contributed by atoms with Gasteiger partial charge in [0, 0.05) is 32.2 Å². The molecule has 4 rings (SSSR count). The van der Waals surface area contributed by atoms with Gasteiger partial charge in [-0.2, -0.15) is 0 Å². The Morgan fingerprint density at radius 2 is 1.54 bits per heavy atom. The molecule has 26 heavy (non-hydrogen) atoms. The second kappa shape index (κ2) is 10.9. The quantitative estimate of drug-likeness (QED) is 0.543. The summed E-state index contributed by atoms with van der Waals surface area (Å²) >= 11 is 0. The van der Waals surface area contributed by atoms with E-state index in [-0.39, 0.29) is 38.2 Å². The van der Waals surface area contributed by atoms with E-state index in [4.69, 9.17) is 0 Å². The van der Waals surface area contributed by atoms with E-state index in [1.165, 1.54) is 19.3 Å². The fourth-order valence-corrected chi connectivity index (χ4v) is 4.22. The number of nitrogens with zero attached hydrogens (tertiary/aromatic N) is 1. The third kappa shape index (κ3) is 5.72. The van der Waals surface area contributed by atoms with Gasteiger partial charge in [-0.1, -0.05) is 31.4 Å². The van der Waals surface area contributed by atoms with Gasteiger partial charge in [0.1, 0.15) is 0 Å². The molecular formula is C22H28IrNO2-. The Balaban J connectivity index is 0.000000180. The largest absolute Gasteiger partial charge is 0.393 e. The zero-order chi connectivity index (χ0) is 17.5. The van der Waals surface area contributed by atoms with Crippen molar-refractivity contribution in [3.8, 4) is 11.3 Å². The van der Waals surface area contributed by atoms with Crippen LogP contribution in [-0.2, 0) is 20.1 Å². The van der Waals surface area contributed by atoms with Crippen LogP contribution in [0.15, 0.2) is 48.7 Å². The molecule has 2 aliphatic rings. The zero-order valence-corrected chi connectivity index (χ0v) is 17.4. The monoisotopic (exact) mass is 531 g/mol. The summed E-state index contributed by atoms with van der Waals surface area (Å²) in [6.07, 6.45) is 9.10. The number of hydrogen-bond acceptors (Lipinski definition) is 3. The Morgan fingerprint density at radius 3 is 2.23 bits per heavy atom. The van der Waals surface area contributed by atoms with E-state index >= 15 is 0 Å².